The van der Waals surface area contributed by atoms with Crippen molar-refractivity contribution in [2.75, 3.05) is 19.8 Å². The minimum Gasteiger partial charge on any atom is -0.489 e. The lowest BCUT2D eigenvalue weighted by Crippen LogP contribution is -2.06. The highest BCUT2D eigenvalue weighted by atomic mass is 79.9. The molecule has 0 fully saturated rings. The van der Waals surface area contributed by atoms with Crippen molar-refractivity contribution >= 4 is 65.1 Å². The maximum absolute atomic E-state index is 6.20. The van der Waals surface area contributed by atoms with Crippen molar-refractivity contribution < 1.29 is 14.3 Å². The van der Waals surface area contributed by atoms with Gasteiger partial charge in [-0.3, -0.25) is 0 Å². The monoisotopic (exact) mass is 517 g/mol. The molecule has 0 saturated carbocycles. The lowest BCUT2D eigenvalue weighted by molar-refractivity contribution is 0.106. The standard InChI is InChI=1S/C14H15Br3ClNO3/c1-9(2)19-22-6-5-21-14-11(15)7-10(8-12(14)18)20-4-3-13(16)17/h3,7-8H,4-6H2,1-2H3. The zero-order valence-corrected chi connectivity index (χ0v) is 17.6. The molecule has 0 atom stereocenters. The summed E-state index contributed by atoms with van der Waals surface area (Å²) in [4.78, 5) is 5.06. The fourth-order valence-electron chi connectivity index (χ4n) is 1.31. The first-order valence-electron chi connectivity index (χ1n) is 6.29. The van der Waals surface area contributed by atoms with Crippen LogP contribution in [0.3, 0.4) is 0 Å². The first kappa shape index (κ1) is 19.8. The van der Waals surface area contributed by atoms with E-state index < -0.39 is 0 Å². The van der Waals surface area contributed by atoms with Gasteiger partial charge < -0.3 is 14.3 Å². The predicted octanol–water partition coefficient (Wildman–Crippen LogP) is 5.90. The van der Waals surface area contributed by atoms with E-state index in [0.29, 0.717) is 40.8 Å². The van der Waals surface area contributed by atoms with Gasteiger partial charge in [0.2, 0.25) is 0 Å². The third-order valence-electron chi connectivity index (χ3n) is 2.13. The highest BCUT2D eigenvalue weighted by molar-refractivity contribution is 9.28. The molecule has 0 spiro atoms. The van der Waals surface area contributed by atoms with Gasteiger partial charge in [0.1, 0.15) is 19.0 Å². The number of oxime groups is 1. The summed E-state index contributed by atoms with van der Waals surface area (Å²) in [6.07, 6.45) is 1.83. The van der Waals surface area contributed by atoms with E-state index >= 15 is 0 Å². The Morgan fingerprint density at radius 3 is 2.55 bits per heavy atom. The summed E-state index contributed by atoms with van der Waals surface area (Å²) in [7, 11) is 0. The number of rotatable bonds is 8. The fourth-order valence-corrected chi connectivity index (χ4v) is 2.51. The molecule has 22 heavy (non-hydrogen) atoms. The minimum atomic E-state index is 0.342. The molecule has 0 amide bonds. The highest BCUT2D eigenvalue weighted by Gasteiger charge is 2.10. The average Bonchev–Trinajstić information content (AvgIpc) is 2.40. The van der Waals surface area contributed by atoms with Gasteiger partial charge in [-0.05, 0) is 73.8 Å². The van der Waals surface area contributed by atoms with Gasteiger partial charge in [-0.2, -0.15) is 0 Å². The molecule has 0 aliphatic rings. The topological polar surface area (TPSA) is 40.0 Å². The molecular formula is C14H15Br3ClNO3. The third-order valence-corrected chi connectivity index (χ3v) is 3.64. The van der Waals surface area contributed by atoms with Crippen LogP contribution in [0, 0.1) is 0 Å². The molecule has 1 rings (SSSR count). The molecular weight excluding hydrogens is 505 g/mol. The highest BCUT2D eigenvalue weighted by Crippen LogP contribution is 2.37. The SMILES string of the molecule is CC(C)=NOCCOc1c(Cl)cc(OCC=C(Br)Br)cc1Br. The fraction of sp³-hybridized carbons (Fsp3) is 0.357. The molecule has 0 unspecified atom stereocenters. The number of ether oxygens (including phenoxy) is 2. The van der Waals surface area contributed by atoms with E-state index in [4.69, 9.17) is 25.9 Å². The number of hydrogen-bond donors (Lipinski definition) is 0. The van der Waals surface area contributed by atoms with Crippen LogP contribution < -0.4 is 9.47 Å². The summed E-state index contributed by atoms with van der Waals surface area (Å²) in [5.74, 6) is 1.19. The zero-order chi connectivity index (χ0) is 16.5. The summed E-state index contributed by atoms with van der Waals surface area (Å²) in [5.41, 5.74) is 0.852. The van der Waals surface area contributed by atoms with Crippen LogP contribution in [0.15, 0.2) is 31.2 Å². The van der Waals surface area contributed by atoms with E-state index in [-0.39, 0.29) is 0 Å². The van der Waals surface area contributed by atoms with Gasteiger partial charge in [0.25, 0.3) is 0 Å². The molecule has 4 nitrogen and oxygen atoms in total. The molecule has 0 aromatic heterocycles. The van der Waals surface area contributed by atoms with Crippen molar-refractivity contribution in [2.45, 2.75) is 13.8 Å². The smallest absolute Gasteiger partial charge is 0.152 e. The molecule has 0 saturated heterocycles. The van der Waals surface area contributed by atoms with Gasteiger partial charge in [-0.25, -0.2) is 0 Å². The lowest BCUT2D eigenvalue weighted by atomic mass is 10.3. The second kappa shape index (κ2) is 10.5. The van der Waals surface area contributed by atoms with Crippen LogP contribution in [0.25, 0.3) is 0 Å². The summed E-state index contributed by atoms with van der Waals surface area (Å²) in [6, 6.07) is 3.50. The molecule has 0 aliphatic carbocycles. The first-order valence-corrected chi connectivity index (χ1v) is 9.04. The molecule has 0 aliphatic heterocycles. The quantitative estimate of drug-likeness (QED) is 0.243. The number of halogens is 4. The molecule has 8 heteroatoms. The van der Waals surface area contributed by atoms with E-state index in [1.165, 1.54) is 0 Å². The molecule has 0 bridgehead atoms. The largest absolute Gasteiger partial charge is 0.489 e. The van der Waals surface area contributed by atoms with Gasteiger partial charge >= 0.3 is 0 Å². The van der Waals surface area contributed by atoms with Crippen LogP contribution in [-0.4, -0.2) is 25.5 Å². The van der Waals surface area contributed by atoms with Crippen LogP contribution in [0.1, 0.15) is 13.8 Å². The van der Waals surface area contributed by atoms with Gasteiger partial charge in [0.05, 0.1) is 18.6 Å². The Balaban J connectivity index is 2.58. The van der Waals surface area contributed by atoms with Crippen molar-refractivity contribution in [1.29, 1.82) is 0 Å². The van der Waals surface area contributed by atoms with E-state index in [1.54, 1.807) is 12.1 Å². The Morgan fingerprint density at radius 1 is 1.23 bits per heavy atom. The summed E-state index contributed by atoms with van der Waals surface area (Å²) < 4.78 is 12.7. The van der Waals surface area contributed by atoms with E-state index in [1.807, 2.05) is 19.9 Å². The van der Waals surface area contributed by atoms with E-state index in [9.17, 15) is 0 Å². The Bertz CT molecular complexity index is 533. The minimum absolute atomic E-state index is 0.342. The molecule has 1 aromatic carbocycles. The number of nitrogens with zero attached hydrogens (tertiary/aromatic N) is 1. The van der Waals surface area contributed by atoms with Crippen LogP contribution in [0.2, 0.25) is 5.02 Å². The molecule has 0 heterocycles. The number of hydrogen-bond acceptors (Lipinski definition) is 4. The molecule has 122 valence electrons. The van der Waals surface area contributed by atoms with Gasteiger partial charge in [-0.1, -0.05) is 16.8 Å². The maximum atomic E-state index is 6.20. The van der Waals surface area contributed by atoms with Crippen molar-refractivity contribution in [3.8, 4) is 11.5 Å². The van der Waals surface area contributed by atoms with Crippen LogP contribution in [0.5, 0.6) is 11.5 Å². The van der Waals surface area contributed by atoms with E-state index in [2.05, 4.69) is 52.9 Å². The summed E-state index contributed by atoms with van der Waals surface area (Å²) in [5, 5.41) is 4.28. The molecule has 0 radical (unpaired) electrons. The van der Waals surface area contributed by atoms with Crippen molar-refractivity contribution in [3.63, 3.8) is 0 Å². The zero-order valence-electron chi connectivity index (χ0n) is 12.0. The first-order chi connectivity index (χ1) is 10.4. The third kappa shape index (κ3) is 7.85. The van der Waals surface area contributed by atoms with Crippen molar-refractivity contribution in [2.24, 2.45) is 5.16 Å². The lowest BCUT2D eigenvalue weighted by Gasteiger charge is -2.12. The normalized spacial score (nSPS) is 9.91. The Kier molecular flexibility index (Phi) is 9.47. The van der Waals surface area contributed by atoms with Gasteiger partial charge in [-0.15, -0.1) is 0 Å². The summed E-state index contributed by atoms with van der Waals surface area (Å²) >= 11 is 16.1. The number of benzene rings is 1. The molecule has 1 aromatic rings. The average molecular weight is 520 g/mol. The Hall–Kier alpha value is -0.240. The van der Waals surface area contributed by atoms with Crippen LogP contribution in [-0.2, 0) is 4.84 Å². The maximum Gasteiger partial charge on any atom is 0.152 e. The Morgan fingerprint density at radius 2 is 1.95 bits per heavy atom. The van der Waals surface area contributed by atoms with Crippen LogP contribution >= 0.6 is 59.4 Å². The molecule has 0 N–H and O–H groups in total. The van der Waals surface area contributed by atoms with Gasteiger partial charge in [0, 0.05) is 6.07 Å². The van der Waals surface area contributed by atoms with Crippen molar-refractivity contribution in [3.05, 3.63) is 31.1 Å². The Labute approximate surface area is 160 Å². The van der Waals surface area contributed by atoms with Gasteiger partial charge in [0.15, 0.2) is 12.4 Å². The second-order valence-electron chi connectivity index (χ2n) is 4.24. The summed E-state index contributed by atoms with van der Waals surface area (Å²) in [6.45, 7) is 4.81. The van der Waals surface area contributed by atoms with E-state index in [0.717, 1.165) is 9.10 Å². The van der Waals surface area contributed by atoms with Crippen LogP contribution in [0.4, 0.5) is 0 Å². The van der Waals surface area contributed by atoms with Crippen molar-refractivity contribution in [1.82, 2.24) is 0 Å². The second-order valence-corrected chi connectivity index (χ2v) is 8.28. The predicted molar refractivity (Wildman–Crippen MR) is 101 cm³/mol.